The van der Waals surface area contributed by atoms with Gasteiger partial charge in [-0.3, -0.25) is 14.3 Å². The molecule has 0 bridgehead atoms. The van der Waals surface area contributed by atoms with Crippen molar-refractivity contribution in [2.24, 2.45) is 0 Å². The third-order valence-corrected chi connectivity index (χ3v) is 8.27. The lowest BCUT2D eigenvalue weighted by atomic mass is 10.1. The SMILES string of the molecule is [C-]#[N+]CCOP(OC1C[C@H](n2cc(C#CCCCCCC)c(=O)[nH]c2=O)O[C@@H]1CC)N(C(C)C)C(C)C. The first-order valence-corrected chi connectivity index (χ1v) is 14.6. The summed E-state index contributed by atoms with van der Waals surface area (Å²) in [6, 6.07) is 0.365. The fourth-order valence-corrected chi connectivity index (χ4v) is 6.08. The third kappa shape index (κ3) is 9.36. The number of nitrogens with one attached hydrogen (secondary N) is 1. The van der Waals surface area contributed by atoms with E-state index in [1.165, 1.54) is 17.2 Å². The Morgan fingerprint density at radius 3 is 2.59 bits per heavy atom. The minimum Gasteiger partial charge on any atom is -0.352 e. The Kier molecular flexibility index (Phi) is 13.6. The topological polar surface area (TPSA) is 90.2 Å². The van der Waals surface area contributed by atoms with Crippen molar-refractivity contribution in [3.63, 3.8) is 0 Å². The van der Waals surface area contributed by atoms with E-state index in [2.05, 4.69) is 61.0 Å². The molecule has 206 valence electrons. The Hall–Kier alpha value is -2.00. The molecule has 0 aromatic carbocycles. The van der Waals surface area contributed by atoms with Crippen LogP contribution in [-0.2, 0) is 13.8 Å². The minimum absolute atomic E-state index is 0.183. The maximum absolute atomic E-state index is 12.7. The van der Waals surface area contributed by atoms with Gasteiger partial charge >= 0.3 is 5.69 Å². The molecule has 9 nitrogen and oxygen atoms in total. The number of ether oxygens (including phenoxy) is 1. The Balaban J connectivity index is 2.23. The fourth-order valence-electron chi connectivity index (χ4n) is 4.34. The molecule has 4 atom stereocenters. The molecule has 1 aromatic heterocycles. The van der Waals surface area contributed by atoms with Crippen LogP contribution in [0.5, 0.6) is 0 Å². The zero-order valence-corrected chi connectivity index (χ0v) is 24.1. The van der Waals surface area contributed by atoms with Gasteiger partial charge in [-0.2, -0.15) is 0 Å². The second kappa shape index (κ2) is 16.1. The van der Waals surface area contributed by atoms with Crippen LogP contribution in [-0.4, -0.2) is 51.7 Å². The van der Waals surface area contributed by atoms with Crippen LogP contribution in [0, 0.1) is 18.4 Å². The Morgan fingerprint density at radius 1 is 1.24 bits per heavy atom. The number of hydrogen-bond acceptors (Lipinski definition) is 6. The van der Waals surface area contributed by atoms with Crippen molar-refractivity contribution >= 4 is 8.53 Å². The normalized spacial score (nSPS) is 20.3. The van der Waals surface area contributed by atoms with Gasteiger partial charge in [-0.1, -0.05) is 45.0 Å². The van der Waals surface area contributed by atoms with Gasteiger partial charge in [-0.05, 0) is 40.5 Å². The van der Waals surface area contributed by atoms with E-state index in [1.54, 1.807) is 0 Å². The summed E-state index contributed by atoms with van der Waals surface area (Å²) in [5.41, 5.74) is -0.756. The van der Waals surface area contributed by atoms with Gasteiger partial charge in [-0.15, -0.1) is 0 Å². The lowest BCUT2D eigenvalue weighted by Gasteiger charge is -2.37. The second-order valence-electron chi connectivity index (χ2n) is 9.76. The fraction of sp³-hybridized carbons (Fsp3) is 0.741. The van der Waals surface area contributed by atoms with Crippen molar-refractivity contribution < 1.29 is 13.8 Å². The number of hydrogen-bond donors (Lipinski definition) is 1. The first-order chi connectivity index (χ1) is 17.7. The highest BCUT2D eigenvalue weighted by Gasteiger charge is 2.40. The molecule has 1 saturated heterocycles. The molecule has 37 heavy (non-hydrogen) atoms. The van der Waals surface area contributed by atoms with E-state index in [0.717, 1.165) is 19.3 Å². The van der Waals surface area contributed by atoms with Crippen molar-refractivity contribution in [1.29, 1.82) is 0 Å². The molecular weight excluding hydrogens is 491 g/mol. The van der Waals surface area contributed by atoms with Crippen molar-refractivity contribution in [3.05, 3.63) is 44.0 Å². The lowest BCUT2D eigenvalue weighted by Crippen LogP contribution is -2.36. The monoisotopic (exact) mass is 534 g/mol. The van der Waals surface area contributed by atoms with Crippen molar-refractivity contribution in [3.8, 4) is 11.8 Å². The highest BCUT2D eigenvalue weighted by atomic mass is 31.2. The molecule has 10 heteroatoms. The Bertz CT molecular complexity index is 1040. The number of rotatable bonds is 14. The van der Waals surface area contributed by atoms with E-state index < -0.39 is 26.0 Å². The standard InChI is InChI=1S/C27H43N4O5P/c1-8-10-11-12-13-14-15-22-19-30(27(33)29-26(22)32)25-18-24(23(9-2)35-25)36-37(34-17-16-28-7)31(20(3)4)21(5)6/h19-21,23-25H,8-13,16-18H2,1-6H3,(H,29,32,33)/t23-,24?,25-,37?/m1/s1. The Morgan fingerprint density at radius 2 is 1.97 bits per heavy atom. The number of unbranched alkanes of at least 4 members (excludes halogenated alkanes) is 4. The van der Waals surface area contributed by atoms with Crippen LogP contribution in [0.15, 0.2) is 15.8 Å². The smallest absolute Gasteiger partial charge is 0.330 e. The van der Waals surface area contributed by atoms with E-state index in [0.29, 0.717) is 25.9 Å². The summed E-state index contributed by atoms with van der Waals surface area (Å²) in [6.07, 6.45) is 6.65. The van der Waals surface area contributed by atoms with Crippen LogP contribution >= 0.6 is 8.53 Å². The van der Waals surface area contributed by atoms with E-state index in [9.17, 15) is 9.59 Å². The maximum atomic E-state index is 12.7. The summed E-state index contributed by atoms with van der Waals surface area (Å²) < 4.78 is 22.4. The van der Waals surface area contributed by atoms with Gasteiger partial charge in [0.15, 0.2) is 0 Å². The van der Waals surface area contributed by atoms with Crippen molar-refractivity contribution in [2.75, 3.05) is 13.2 Å². The molecule has 2 heterocycles. The van der Waals surface area contributed by atoms with E-state index >= 15 is 0 Å². The largest absolute Gasteiger partial charge is 0.352 e. The molecule has 1 fully saturated rings. The predicted octanol–water partition coefficient (Wildman–Crippen LogP) is 5.22. The first kappa shape index (κ1) is 31.2. The molecule has 2 rings (SSSR count). The van der Waals surface area contributed by atoms with Crippen LogP contribution in [0.3, 0.4) is 0 Å². The average molecular weight is 535 g/mol. The predicted molar refractivity (Wildman–Crippen MR) is 147 cm³/mol. The third-order valence-electron chi connectivity index (χ3n) is 6.12. The number of aromatic nitrogens is 2. The summed E-state index contributed by atoms with van der Waals surface area (Å²) >= 11 is 0. The lowest BCUT2D eigenvalue weighted by molar-refractivity contribution is -0.0201. The van der Waals surface area contributed by atoms with Crippen LogP contribution in [0.2, 0.25) is 0 Å². The molecule has 2 unspecified atom stereocenters. The number of nitrogens with zero attached hydrogens (tertiary/aromatic N) is 3. The summed E-state index contributed by atoms with van der Waals surface area (Å²) in [4.78, 5) is 30.8. The molecule has 0 saturated carbocycles. The molecular formula is C27H43N4O5P. The minimum atomic E-state index is -1.44. The molecule has 0 aliphatic carbocycles. The van der Waals surface area contributed by atoms with Crippen molar-refractivity contribution in [1.82, 2.24) is 14.2 Å². The van der Waals surface area contributed by atoms with Crippen molar-refractivity contribution in [2.45, 2.75) is 117 Å². The van der Waals surface area contributed by atoms with Crippen LogP contribution < -0.4 is 11.2 Å². The Labute approximate surface area is 222 Å². The summed E-state index contributed by atoms with van der Waals surface area (Å²) in [6.45, 7) is 20.2. The zero-order chi connectivity index (χ0) is 27.4. The second-order valence-corrected chi connectivity index (χ2v) is 11.2. The van der Waals surface area contributed by atoms with Gasteiger partial charge in [0.2, 0.25) is 6.54 Å². The van der Waals surface area contributed by atoms with Crippen LogP contribution in [0.25, 0.3) is 4.85 Å². The highest BCUT2D eigenvalue weighted by molar-refractivity contribution is 7.44. The van der Waals surface area contributed by atoms with Gasteiger partial charge in [0.25, 0.3) is 14.1 Å². The molecule has 1 aromatic rings. The molecule has 0 spiro atoms. The summed E-state index contributed by atoms with van der Waals surface area (Å²) in [5.74, 6) is 5.99. The average Bonchev–Trinajstić information content (AvgIpc) is 3.24. The highest BCUT2D eigenvalue weighted by Crippen LogP contribution is 2.50. The first-order valence-electron chi connectivity index (χ1n) is 13.4. The van der Waals surface area contributed by atoms with E-state index in [4.69, 9.17) is 20.4 Å². The van der Waals surface area contributed by atoms with E-state index in [1.807, 2.05) is 6.92 Å². The summed E-state index contributed by atoms with van der Waals surface area (Å²) in [7, 11) is -1.44. The number of H-pyrrole nitrogens is 1. The van der Waals surface area contributed by atoms with E-state index in [-0.39, 0.29) is 36.4 Å². The molecule has 1 N–H and O–H groups in total. The zero-order valence-electron chi connectivity index (χ0n) is 23.2. The van der Waals surface area contributed by atoms with Gasteiger partial charge in [-0.25, -0.2) is 16.0 Å². The van der Waals surface area contributed by atoms with Gasteiger partial charge < -0.3 is 18.6 Å². The number of aromatic amines is 1. The molecule has 0 amide bonds. The quantitative estimate of drug-likeness (QED) is 0.152. The van der Waals surface area contributed by atoms with Gasteiger partial charge in [0.05, 0.1) is 12.2 Å². The van der Waals surface area contributed by atoms with Gasteiger partial charge in [0, 0.05) is 31.1 Å². The maximum Gasteiger partial charge on any atom is 0.330 e. The summed E-state index contributed by atoms with van der Waals surface area (Å²) in [5, 5.41) is 0. The van der Waals surface area contributed by atoms with Crippen LogP contribution in [0.4, 0.5) is 0 Å². The molecule has 1 aliphatic rings. The van der Waals surface area contributed by atoms with Gasteiger partial charge in [0.1, 0.15) is 18.4 Å². The molecule has 0 radical (unpaired) electrons. The molecule has 1 aliphatic heterocycles. The van der Waals surface area contributed by atoms with Crippen LogP contribution in [0.1, 0.15) is 98.3 Å².